The number of rotatable bonds is 11. The summed E-state index contributed by atoms with van der Waals surface area (Å²) >= 11 is 0. The van der Waals surface area contributed by atoms with Gasteiger partial charge in [0.1, 0.15) is 19.3 Å². The van der Waals surface area contributed by atoms with E-state index < -0.39 is 11.9 Å². The molecule has 44 heavy (non-hydrogen) atoms. The molecule has 6 heteroatoms. The number of primary amides is 1. The van der Waals surface area contributed by atoms with Crippen LogP contribution in [0.5, 0.6) is 11.5 Å². The number of carbonyl (C=O) groups is 2. The first kappa shape index (κ1) is 28.5. The lowest BCUT2D eigenvalue weighted by molar-refractivity contribution is -0.119. The summed E-state index contributed by atoms with van der Waals surface area (Å²) in [7, 11) is 0. The van der Waals surface area contributed by atoms with Crippen LogP contribution < -0.4 is 20.5 Å². The summed E-state index contributed by atoms with van der Waals surface area (Å²) in [6.45, 7) is 0.719. The molecule has 6 nitrogen and oxygen atoms in total. The van der Waals surface area contributed by atoms with Crippen LogP contribution in [-0.4, -0.2) is 17.9 Å². The fourth-order valence-corrected chi connectivity index (χ4v) is 5.33. The fraction of sp³-hybridized carbons (Fsp3) is 0.105. The predicted octanol–water partition coefficient (Wildman–Crippen LogP) is 6.98. The predicted molar refractivity (Wildman–Crippen MR) is 174 cm³/mol. The van der Waals surface area contributed by atoms with Gasteiger partial charge in [-0.25, -0.2) is 0 Å². The molecule has 0 spiro atoms. The molecule has 218 valence electrons. The van der Waals surface area contributed by atoms with E-state index in [4.69, 9.17) is 15.2 Å². The molecule has 3 N–H and O–H groups in total. The highest BCUT2D eigenvalue weighted by Crippen LogP contribution is 2.31. The molecule has 0 aromatic heterocycles. The number of fused-ring (bicyclic) bond motifs is 2. The summed E-state index contributed by atoms with van der Waals surface area (Å²) in [5, 5.41) is 6.42. The molecule has 6 aromatic rings. The molecule has 1 atom stereocenters. The second-order valence-corrected chi connectivity index (χ2v) is 10.7. The summed E-state index contributed by atoms with van der Waals surface area (Å²) in [4.78, 5) is 26.5. The summed E-state index contributed by atoms with van der Waals surface area (Å²) < 4.78 is 12.3. The van der Waals surface area contributed by atoms with Crippen LogP contribution in [-0.2, 0) is 24.4 Å². The highest BCUT2D eigenvalue weighted by molar-refractivity contribution is 6.18. The molecule has 0 heterocycles. The Morgan fingerprint density at radius 2 is 1.11 bits per heavy atom. The van der Waals surface area contributed by atoms with Crippen molar-refractivity contribution in [2.45, 2.75) is 25.7 Å². The highest BCUT2D eigenvalue weighted by atomic mass is 16.5. The Morgan fingerprint density at radius 1 is 0.591 bits per heavy atom. The Kier molecular flexibility index (Phi) is 8.50. The summed E-state index contributed by atoms with van der Waals surface area (Å²) in [5.41, 5.74) is 9.17. The summed E-state index contributed by atoms with van der Waals surface area (Å²) in [6.07, 6.45) is 0.185. The molecule has 0 aliphatic carbocycles. The van der Waals surface area contributed by atoms with Crippen LogP contribution in [0.2, 0.25) is 0 Å². The van der Waals surface area contributed by atoms with Gasteiger partial charge in [0.2, 0.25) is 5.91 Å². The van der Waals surface area contributed by atoms with Crippen LogP contribution in [0.4, 0.5) is 0 Å². The zero-order valence-electron chi connectivity index (χ0n) is 24.1. The molecule has 0 saturated heterocycles. The average Bonchev–Trinajstić information content (AvgIpc) is 3.06. The molecule has 0 radical (unpaired) electrons. The van der Waals surface area contributed by atoms with E-state index in [0.717, 1.165) is 38.2 Å². The first-order valence-corrected chi connectivity index (χ1v) is 14.5. The van der Waals surface area contributed by atoms with Crippen molar-refractivity contribution in [3.63, 3.8) is 0 Å². The van der Waals surface area contributed by atoms with Gasteiger partial charge in [-0.15, -0.1) is 0 Å². The SMILES string of the molecule is NC(=O)[C@H](Cc1ccc(OCc2ccccc2)c(OCc2ccccc2)c1)NC(=O)c1c2ccccc2cc2ccccc12. The Hall–Kier alpha value is -5.62. The second-order valence-electron chi connectivity index (χ2n) is 10.7. The van der Waals surface area contributed by atoms with Crippen LogP contribution in [0.3, 0.4) is 0 Å². The van der Waals surface area contributed by atoms with E-state index in [2.05, 4.69) is 11.4 Å². The molecular formula is C38H32N2O4. The van der Waals surface area contributed by atoms with Crippen LogP contribution in [0.15, 0.2) is 133 Å². The quantitative estimate of drug-likeness (QED) is 0.162. The summed E-state index contributed by atoms with van der Waals surface area (Å²) in [6, 6.07) is 41.9. The van der Waals surface area contributed by atoms with Gasteiger partial charge in [0.15, 0.2) is 11.5 Å². The lowest BCUT2D eigenvalue weighted by Gasteiger charge is -2.19. The van der Waals surface area contributed by atoms with Crippen molar-refractivity contribution >= 4 is 33.4 Å². The number of nitrogens with one attached hydrogen (secondary N) is 1. The van der Waals surface area contributed by atoms with Gasteiger partial charge in [0.05, 0.1) is 5.56 Å². The van der Waals surface area contributed by atoms with Gasteiger partial charge in [-0.05, 0) is 56.4 Å². The zero-order valence-corrected chi connectivity index (χ0v) is 24.1. The zero-order chi connectivity index (χ0) is 30.3. The van der Waals surface area contributed by atoms with Crippen molar-refractivity contribution in [2.75, 3.05) is 0 Å². The minimum atomic E-state index is -0.946. The van der Waals surface area contributed by atoms with E-state index in [1.165, 1.54) is 0 Å². The van der Waals surface area contributed by atoms with E-state index in [-0.39, 0.29) is 12.3 Å². The maximum absolute atomic E-state index is 13.8. The van der Waals surface area contributed by atoms with Gasteiger partial charge < -0.3 is 20.5 Å². The van der Waals surface area contributed by atoms with Gasteiger partial charge in [-0.3, -0.25) is 9.59 Å². The van der Waals surface area contributed by atoms with Crippen molar-refractivity contribution in [3.05, 3.63) is 156 Å². The second kappa shape index (κ2) is 13.1. The number of hydrogen-bond acceptors (Lipinski definition) is 4. The topological polar surface area (TPSA) is 90.7 Å². The number of nitrogens with two attached hydrogens (primary N) is 1. The molecule has 0 saturated carbocycles. The summed E-state index contributed by atoms with van der Waals surface area (Å²) in [5.74, 6) is 0.136. The van der Waals surface area contributed by atoms with E-state index in [9.17, 15) is 9.59 Å². The molecule has 0 aliphatic heterocycles. The fourth-order valence-electron chi connectivity index (χ4n) is 5.33. The van der Waals surface area contributed by atoms with Gasteiger partial charge in [-0.2, -0.15) is 0 Å². The number of benzene rings is 6. The van der Waals surface area contributed by atoms with E-state index in [1.807, 2.05) is 127 Å². The van der Waals surface area contributed by atoms with Crippen molar-refractivity contribution < 1.29 is 19.1 Å². The molecule has 6 aromatic carbocycles. The average molecular weight is 581 g/mol. The lowest BCUT2D eigenvalue weighted by atomic mass is 9.95. The minimum Gasteiger partial charge on any atom is -0.485 e. The number of amides is 2. The lowest BCUT2D eigenvalue weighted by Crippen LogP contribution is -2.46. The Bertz CT molecular complexity index is 1870. The smallest absolute Gasteiger partial charge is 0.253 e. The van der Waals surface area contributed by atoms with Gasteiger partial charge >= 0.3 is 0 Å². The normalized spacial score (nSPS) is 11.6. The molecular weight excluding hydrogens is 548 g/mol. The standard InChI is InChI=1S/C38H32N2O4/c39-37(41)33(40-38(42)36-31-17-9-7-15-29(31)23-30-16-8-10-18-32(30)36)21-28-19-20-34(43-24-26-11-3-1-4-12-26)35(22-28)44-25-27-13-5-2-6-14-27/h1-20,22-23,33H,21,24-25H2,(H2,39,41)(H,40,42)/t33-/m0/s1. The van der Waals surface area contributed by atoms with E-state index in [1.54, 1.807) is 0 Å². The van der Waals surface area contributed by atoms with Crippen molar-refractivity contribution in [3.8, 4) is 11.5 Å². The Balaban J connectivity index is 1.26. The van der Waals surface area contributed by atoms with E-state index in [0.29, 0.717) is 30.3 Å². The van der Waals surface area contributed by atoms with Crippen molar-refractivity contribution in [1.82, 2.24) is 5.32 Å². The van der Waals surface area contributed by atoms with Crippen molar-refractivity contribution in [2.24, 2.45) is 5.73 Å². The maximum atomic E-state index is 13.8. The number of hydrogen-bond donors (Lipinski definition) is 2. The van der Waals surface area contributed by atoms with Crippen LogP contribution in [0, 0.1) is 0 Å². The third-order valence-corrected chi connectivity index (χ3v) is 7.57. The van der Waals surface area contributed by atoms with Gasteiger partial charge in [-0.1, -0.05) is 115 Å². The van der Waals surface area contributed by atoms with Crippen LogP contribution in [0.25, 0.3) is 21.5 Å². The molecule has 6 rings (SSSR count). The third-order valence-electron chi connectivity index (χ3n) is 7.57. The van der Waals surface area contributed by atoms with Gasteiger partial charge in [0, 0.05) is 6.42 Å². The molecule has 0 aliphatic rings. The molecule has 0 unspecified atom stereocenters. The maximum Gasteiger partial charge on any atom is 0.253 e. The largest absolute Gasteiger partial charge is 0.485 e. The van der Waals surface area contributed by atoms with Crippen LogP contribution >= 0.6 is 0 Å². The van der Waals surface area contributed by atoms with Gasteiger partial charge in [0.25, 0.3) is 5.91 Å². The Morgan fingerprint density at radius 3 is 1.68 bits per heavy atom. The molecule has 0 fully saturated rings. The minimum absolute atomic E-state index is 0.185. The van der Waals surface area contributed by atoms with Crippen LogP contribution in [0.1, 0.15) is 27.0 Å². The molecule has 2 amide bonds. The van der Waals surface area contributed by atoms with Crippen molar-refractivity contribution in [1.29, 1.82) is 0 Å². The van der Waals surface area contributed by atoms with E-state index >= 15 is 0 Å². The third kappa shape index (κ3) is 6.55. The number of carbonyl (C=O) groups excluding carboxylic acids is 2. The molecule has 0 bridgehead atoms. The monoisotopic (exact) mass is 580 g/mol. The number of ether oxygens (including phenoxy) is 2. The first-order valence-electron chi connectivity index (χ1n) is 14.5. The first-order chi connectivity index (χ1) is 21.5. The Labute approximate surface area is 256 Å². The highest BCUT2D eigenvalue weighted by Gasteiger charge is 2.23.